The number of para-hydroxylation sites is 1. The zero-order valence-corrected chi connectivity index (χ0v) is 19.8. The van der Waals surface area contributed by atoms with Crippen LogP contribution in [0.4, 0.5) is 5.69 Å². The minimum Gasteiger partial charge on any atom is -0.393 e. The Morgan fingerprint density at radius 3 is 2.77 bits per heavy atom. The topological polar surface area (TPSA) is 49.3 Å². The molecule has 2 N–H and O–H groups in total. The lowest BCUT2D eigenvalue weighted by Gasteiger charge is -2.27. The first-order chi connectivity index (χ1) is 14.3. The molecule has 0 radical (unpaired) electrons. The summed E-state index contributed by atoms with van der Waals surface area (Å²) in [5.74, 6) is 1.04. The van der Waals surface area contributed by atoms with E-state index in [-0.39, 0.29) is 22.6 Å². The second-order valence-electron chi connectivity index (χ2n) is 8.33. The van der Waals surface area contributed by atoms with E-state index >= 15 is 0 Å². The number of allylic oxidation sites excluding steroid dienone is 3. The van der Waals surface area contributed by atoms with Crippen LogP contribution in [0.15, 0.2) is 60.2 Å². The predicted octanol–water partition coefficient (Wildman–Crippen LogP) is 6.14. The monoisotopic (exact) mass is 447 g/mol. The van der Waals surface area contributed by atoms with Crippen molar-refractivity contribution in [2.45, 2.75) is 64.0 Å². The Morgan fingerprint density at radius 2 is 2.10 bits per heavy atom. The van der Waals surface area contributed by atoms with E-state index in [4.69, 9.17) is 11.6 Å². The van der Waals surface area contributed by atoms with Gasteiger partial charge in [-0.3, -0.25) is 4.79 Å². The number of aliphatic hydroxyl groups excluding tert-OH is 1. The fraction of sp³-hybridized carbons (Fsp3) is 0.480. The van der Waals surface area contributed by atoms with E-state index in [0.717, 1.165) is 35.4 Å². The largest absolute Gasteiger partial charge is 0.393 e. The van der Waals surface area contributed by atoms with E-state index in [1.54, 1.807) is 0 Å². The van der Waals surface area contributed by atoms with Crippen molar-refractivity contribution in [2.24, 2.45) is 5.92 Å². The van der Waals surface area contributed by atoms with Crippen LogP contribution in [0.25, 0.3) is 0 Å². The standard InChI is InChI=1S/C25H34ClNO2S/c1-17(2)12-13-20(14-19(4)28)16-30-24(29)15-21-9-5-6-11-23(21)27-25-18(3)8-7-10-22(25)26/h5-11,19-20,22,25,27-28H,1,12-16H2,2-4H3. The maximum Gasteiger partial charge on any atom is 0.193 e. The zero-order valence-electron chi connectivity index (χ0n) is 18.2. The highest BCUT2D eigenvalue weighted by molar-refractivity contribution is 8.13. The number of anilines is 1. The fourth-order valence-corrected chi connectivity index (χ4v) is 4.90. The highest BCUT2D eigenvalue weighted by Gasteiger charge is 2.22. The van der Waals surface area contributed by atoms with Gasteiger partial charge in [-0.2, -0.15) is 0 Å². The van der Waals surface area contributed by atoms with Crippen molar-refractivity contribution in [1.29, 1.82) is 0 Å². The van der Waals surface area contributed by atoms with Gasteiger partial charge in [-0.15, -0.1) is 18.2 Å². The predicted molar refractivity (Wildman–Crippen MR) is 131 cm³/mol. The molecule has 30 heavy (non-hydrogen) atoms. The Labute approximate surface area is 190 Å². The molecule has 0 saturated carbocycles. The molecule has 0 aromatic heterocycles. The lowest BCUT2D eigenvalue weighted by atomic mass is 9.97. The van der Waals surface area contributed by atoms with Gasteiger partial charge in [0.25, 0.3) is 0 Å². The average Bonchev–Trinajstić information content (AvgIpc) is 2.68. The molecule has 1 aliphatic rings. The van der Waals surface area contributed by atoms with Crippen LogP contribution in [0.1, 0.15) is 45.6 Å². The molecular formula is C25H34ClNO2S. The third-order valence-corrected chi connectivity index (χ3v) is 6.76. The van der Waals surface area contributed by atoms with Crippen LogP contribution in [0.5, 0.6) is 0 Å². The van der Waals surface area contributed by atoms with Gasteiger partial charge in [0.15, 0.2) is 5.12 Å². The fourth-order valence-electron chi connectivity index (χ4n) is 3.58. The SMILES string of the molecule is C=C(C)CCC(CSC(=O)Cc1ccccc1NC1C(C)=CC=CC1Cl)CC(C)O. The van der Waals surface area contributed by atoms with Gasteiger partial charge in [0.2, 0.25) is 0 Å². The van der Waals surface area contributed by atoms with E-state index in [1.165, 1.54) is 17.3 Å². The summed E-state index contributed by atoms with van der Waals surface area (Å²) in [6.45, 7) is 9.86. The Kier molecular flexibility index (Phi) is 10.2. The molecule has 1 aromatic rings. The number of halogens is 1. The third kappa shape index (κ3) is 8.33. The van der Waals surface area contributed by atoms with Crippen molar-refractivity contribution in [1.82, 2.24) is 0 Å². The first-order valence-electron chi connectivity index (χ1n) is 10.6. The minimum atomic E-state index is -0.356. The minimum absolute atomic E-state index is 0.0122. The number of hydrogen-bond donors (Lipinski definition) is 2. The van der Waals surface area contributed by atoms with Crippen molar-refractivity contribution in [3.63, 3.8) is 0 Å². The lowest BCUT2D eigenvalue weighted by Crippen LogP contribution is -2.31. The molecule has 4 unspecified atom stereocenters. The number of hydrogen-bond acceptors (Lipinski definition) is 4. The lowest BCUT2D eigenvalue weighted by molar-refractivity contribution is -0.110. The Morgan fingerprint density at radius 1 is 1.37 bits per heavy atom. The summed E-state index contributed by atoms with van der Waals surface area (Å²) in [4.78, 5) is 12.7. The van der Waals surface area contributed by atoms with Crippen LogP contribution >= 0.6 is 23.4 Å². The van der Waals surface area contributed by atoms with E-state index < -0.39 is 0 Å². The van der Waals surface area contributed by atoms with E-state index in [0.29, 0.717) is 18.8 Å². The molecule has 0 fully saturated rings. The highest BCUT2D eigenvalue weighted by Crippen LogP contribution is 2.27. The van der Waals surface area contributed by atoms with Crippen molar-refractivity contribution >= 4 is 34.2 Å². The van der Waals surface area contributed by atoms with Crippen LogP contribution < -0.4 is 5.32 Å². The van der Waals surface area contributed by atoms with E-state index in [1.807, 2.05) is 50.3 Å². The smallest absolute Gasteiger partial charge is 0.193 e. The van der Waals surface area contributed by atoms with Gasteiger partial charge >= 0.3 is 0 Å². The molecular weight excluding hydrogens is 414 g/mol. The molecule has 5 heteroatoms. The summed E-state index contributed by atoms with van der Waals surface area (Å²) in [5, 5.41) is 13.3. The summed E-state index contributed by atoms with van der Waals surface area (Å²) in [7, 11) is 0. The maximum atomic E-state index is 12.7. The maximum absolute atomic E-state index is 12.7. The second-order valence-corrected chi connectivity index (χ2v) is 9.91. The summed E-state index contributed by atoms with van der Waals surface area (Å²) >= 11 is 7.85. The summed E-state index contributed by atoms with van der Waals surface area (Å²) in [6.07, 6.45) is 8.63. The molecule has 0 amide bonds. The molecule has 0 saturated heterocycles. The normalized spacial score (nSPS) is 20.4. The molecule has 4 atom stereocenters. The number of benzene rings is 1. The molecule has 164 valence electrons. The van der Waals surface area contributed by atoms with Crippen molar-refractivity contribution in [3.8, 4) is 0 Å². The van der Waals surface area contributed by atoms with Crippen LogP contribution in [0.2, 0.25) is 0 Å². The van der Waals surface area contributed by atoms with Crippen LogP contribution in [-0.4, -0.2) is 33.5 Å². The number of carbonyl (C=O) groups excluding carboxylic acids is 1. The summed E-state index contributed by atoms with van der Waals surface area (Å²) in [6, 6.07) is 7.95. The number of thioether (sulfide) groups is 1. The molecule has 0 spiro atoms. The molecule has 1 aliphatic carbocycles. The van der Waals surface area contributed by atoms with Gasteiger partial charge in [0.05, 0.1) is 17.5 Å². The Balaban J connectivity index is 1.97. The van der Waals surface area contributed by atoms with Gasteiger partial charge in [-0.1, -0.05) is 53.8 Å². The quantitative estimate of drug-likeness (QED) is 0.316. The molecule has 0 heterocycles. The van der Waals surface area contributed by atoms with E-state index in [9.17, 15) is 9.90 Å². The van der Waals surface area contributed by atoms with Crippen LogP contribution in [0.3, 0.4) is 0 Å². The number of nitrogens with one attached hydrogen (secondary N) is 1. The van der Waals surface area contributed by atoms with Gasteiger partial charge in [-0.05, 0) is 63.2 Å². The molecule has 1 aromatic carbocycles. The van der Waals surface area contributed by atoms with Gasteiger partial charge in [-0.25, -0.2) is 0 Å². The number of rotatable bonds is 11. The number of aliphatic hydroxyl groups is 1. The number of alkyl halides is 1. The Hall–Kier alpha value is -1.49. The van der Waals surface area contributed by atoms with Gasteiger partial charge in [0, 0.05) is 17.9 Å². The van der Waals surface area contributed by atoms with Crippen LogP contribution in [-0.2, 0) is 11.2 Å². The first kappa shape index (κ1) is 24.8. The van der Waals surface area contributed by atoms with Crippen molar-refractivity contribution in [3.05, 3.63) is 65.8 Å². The summed E-state index contributed by atoms with van der Waals surface area (Å²) in [5.41, 5.74) is 4.25. The zero-order chi connectivity index (χ0) is 22.1. The number of carbonyl (C=O) groups is 1. The molecule has 0 aliphatic heterocycles. The van der Waals surface area contributed by atoms with Crippen LogP contribution in [0, 0.1) is 5.92 Å². The highest BCUT2D eigenvalue weighted by atomic mass is 35.5. The van der Waals surface area contributed by atoms with Crippen molar-refractivity contribution < 1.29 is 9.90 Å². The Bertz CT molecular complexity index is 787. The summed E-state index contributed by atoms with van der Waals surface area (Å²) < 4.78 is 0. The van der Waals surface area contributed by atoms with Gasteiger partial charge in [0.1, 0.15) is 0 Å². The average molecular weight is 448 g/mol. The van der Waals surface area contributed by atoms with E-state index in [2.05, 4.69) is 24.9 Å². The van der Waals surface area contributed by atoms with Gasteiger partial charge < -0.3 is 10.4 Å². The first-order valence-corrected chi connectivity index (χ1v) is 12.0. The molecule has 2 rings (SSSR count). The third-order valence-electron chi connectivity index (χ3n) is 5.26. The molecule has 3 nitrogen and oxygen atoms in total. The second kappa shape index (κ2) is 12.4. The van der Waals surface area contributed by atoms with Crippen molar-refractivity contribution in [2.75, 3.05) is 11.1 Å². The molecule has 0 bridgehead atoms.